The van der Waals surface area contributed by atoms with Gasteiger partial charge >= 0.3 is 25.7 Å². The summed E-state index contributed by atoms with van der Waals surface area (Å²) < 4.78 is 31.5. The standard InChI is InChI=1S/C2HF3O2.Zn/c3-2(4,5)1(6)7;/h(H,6,7);/q;+2/p-1. The molecule has 6 heteroatoms. The van der Waals surface area contributed by atoms with Crippen LogP contribution in [-0.4, -0.2) is 12.1 Å². The van der Waals surface area contributed by atoms with Gasteiger partial charge in [0.05, 0.1) is 0 Å². The van der Waals surface area contributed by atoms with E-state index in [1.807, 2.05) is 0 Å². The van der Waals surface area contributed by atoms with Crippen molar-refractivity contribution >= 4 is 5.97 Å². The maximum atomic E-state index is 10.5. The zero-order chi connectivity index (χ0) is 6.08. The van der Waals surface area contributed by atoms with Crippen molar-refractivity contribution in [2.24, 2.45) is 0 Å². The molecule has 0 atom stereocenters. The van der Waals surface area contributed by atoms with Crippen LogP contribution in [0.5, 0.6) is 0 Å². The fourth-order valence-electron chi connectivity index (χ4n) is 0. The fourth-order valence-corrected chi connectivity index (χ4v) is 0. The molecule has 0 fully saturated rings. The molecular weight excluding hydrogens is 178 g/mol. The predicted molar refractivity (Wildman–Crippen MR) is 11.1 cm³/mol. The third-order valence-electron chi connectivity index (χ3n) is 0.231. The van der Waals surface area contributed by atoms with Crippen molar-refractivity contribution in [3.05, 3.63) is 0 Å². The molecule has 0 bridgehead atoms. The van der Waals surface area contributed by atoms with E-state index in [2.05, 4.69) is 0 Å². The number of alkyl halides is 3. The van der Waals surface area contributed by atoms with Gasteiger partial charge in [-0.2, -0.15) is 13.2 Å². The van der Waals surface area contributed by atoms with E-state index in [9.17, 15) is 13.2 Å². The van der Waals surface area contributed by atoms with Gasteiger partial charge in [-0.15, -0.1) is 0 Å². The Balaban J connectivity index is 0. The number of carboxylic acids is 1. The van der Waals surface area contributed by atoms with Crippen LogP contribution in [0.3, 0.4) is 0 Å². The first kappa shape index (κ1) is 10.8. The average molecular weight is 178 g/mol. The second kappa shape index (κ2) is 3.02. The molecule has 0 aromatic rings. The first-order valence-electron chi connectivity index (χ1n) is 1.23. The van der Waals surface area contributed by atoms with E-state index in [1.165, 1.54) is 0 Å². The Labute approximate surface area is 55.4 Å². The van der Waals surface area contributed by atoms with E-state index in [1.54, 1.807) is 0 Å². The van der Waals surface area contributed by atoms with Gasteiger partial charge in [0.1, 0.15) is 5.97 Å². The van der Waals surface area contributed by atoms with Gasteiger partial charge < -0.3 is 9.90 Å². The molecule has 0 aromatic carbocycles. The molecule has 42 valence electrons. The summed E-state index contributed by atoms with van der Waals surface area (Å²) in [6.45, 7) is 0. The summed E-state index contributed by atoms with van der Waals surface area (Å²) in [6.07, 6.45) is -5.19. The van der Waals surface area contributed by atoms with Crippen LogP contribution in [0.15, 0.2) is 0 Å². The number of rotatable bonds is 0. The van der Waals surface area contributed by atoms with Crippen molar-refractivity contribution in [1.82, 2.24) is 0 Å². The molecule has 0 saturated carbocycles. The third kappa shape index (κ3) is 4.05. The number of aliphatic carboxylic acids is 1. The molecule has 0 unspecified atom stereocenters. The maximum Gasteiger partial charge on any atom is 2.00 e. The van der Waals surface area contributed by atoms with Gasteiger partial charge in [0.25, 0.3) is 0 Å². The molecule has 2 nitrogen and oxygen atoms in total. The zero-order valence-electron chi connectivity index (χ0n) is 3.66. The Bertz CT molecular complexity index is 87.8. The van der Waals surface area contributed by atoms with Crippen LogP contribution in [0, 0.1) is 0 Å². The molecule has 0 aliphatic carbocycles. The molecule has 0 amide bonds. The van der Waals surface area contributed by atoms with E-state index in [-0.39, 0.29) is 19.5 Å². The minimum Gasteiger partial charge on any atom is -0.542 e. The number of carbonyl (C=O) groups is 1. The SMILES string of the molecule is O=C([O-])C(F)(F)F.[Zn+2]. The molecule has 0 radical (unpaired) electrons. The topological polar surface area (TPSA) is 40.1 Å². The van der Waals surface area contributed by atoms with Crippen LogP contribution < -0.4 is 5.11 Å². The largest absolute Gasteiger partial charge is 2.00 e. The molecule has 0 aliphatic rings. The quantitative estimate of drug-likeness (QED) is 0.460. The van der Waals surface area contributed by atoms with Gasteiger partial charge in [-0.05, 0) is 0 Å². The van der Waals surface area contributed by atoms with E-state index < -0.39 is 12.1 Å². The Morgan fingerprint density at radius 3 is 1.50 bits per heavy atom. The summed E-state index contributed by atoms with van der Waals surface area (Å²) in [5, 5.41) is 8.78. The van der Waals surface area contributed by atoms with Crippen molar-refractivity contribution in [2.45, 2.75) is 6.18 Å². The van der Waals surface area contributed by atoms with Crippen LogP contribution >= 0.6 is 0 Å². The van der Waals surface area contributed by atoms with Gasteiger partial charge in [-0.25, -0.2) is 0 Å². The van der Waals surface area contributed by atoms with Crippen LogP contribution in [0.1, 0.15) is 0 Å². The molecule has 0 spiro atoms. The molecule has 0 heterocycles. The Morgan fingerprint density at radius 1 is 1.38 bits per heavy atom. The molecule has 0 saturated heterocycles. The second-order valence-electron chi connectivity index (χ2n) is 0.785. The summed E-state index contributed by atoms with van der Waals surface area (Å²) in [7, 11) is 0. The van der Waals surface area contributed by atoms with Crippen LogP contribution in [0.4, 0.5) is 13.2 Å². The van der Waals surface area contributed by atoms with Crippen LogP contribution in [-0.2, 0) is 24.3 Å². The normalized spacial score (nSPS) is 9.88. The molecular formula is C2F3O2Zn+. The van der Waals surface area contributed by atoms with Gasteiger partial charge in [0, 0.05) is 0 Å². The number of hydrogen-bond acceptors (Lipinski definition) is 2. The van der Waals surface area contributed by atoms with Crippen LogP contribution in [0.2, 0.25) is 0 Å². The first-order chi connectivity index (χ1) is 2.94. The Morgan fingerprint density at radius 2 is 1.50 bits per heavy atom. The summed E-state index contributed by atoms with van der Waals surface area (Å²) >= 11 is 0. The van der Waals surface area contributed by atoms with Crippen molar-refractivity contribution in [1.29, 1.82) is 0 Å². The Hall–Kier alpha value is -0.117. The van der Waals surface area contributed by atoms with Crippen molar-refractivity contribution < 1.29 is 42.6 Å². The van der Waals surface area contributed by atoms with E-state index in [0.29, 0.717) is 0 Å². The minimum atomic E-state index is -5.19. The van der Waals surface area contributed by atoms with Crippen LogP contribution in [0.25, 0.3) is 0 Å². The van der Waals surface area contributed by atoms with Gasteiger partial charge in [0.2, 0.25) is 0 Å². The number of hydrogen-bond donors (Lipinski definition) is 0. The predicted octanol–water partition coefficient (Wildman–Crippen LogP) is -0.704. The summed E-state index contributed by atoms with van der Waals surface area (Å²) in [6, 6.07) is 0. The molecule has 0 aromatic heterocycles. The molecule has 8 heavy (non-hydrogen) atoms. The Kier molecular flexibility index (Phi) is 4.07. The summed E-state index contributed by atoms with van der Waals surface area (Å²) in [5.41, 5.74) is 0. The van der Waals surface area contributed by atoms with E-state index >= 15 is 0 Å². The van der Waals surface area contributed by atoms with Crippen molar-refractivity contribution in [3.8, 4) is 0 Å². The molecule has 0 N–H and O–H groups in total. The van der Waals surface area contributed by atoms with E-state index in [0.717, 1.165) is 0 Å². The number of halogens is 3. The second-order valence-corrected chi connectivity index (χ2v) is 0.785. The zero-order valence-corrected chi connectivity index (χ0v) is 6.62. The maximum absolute atomic E-state index is 10.5. The number of carboxylic acid groups (broad SMARTS) is 1. The molecule has 0 rings (SSSR count). The summed E-state index contributed by atoms with van der Waals surface area (Å²) in [5.74, 6) is -3.01. The smallest absolute Gasteiger partial charge is 0.542 e. The average Bonchev–Trinajstić information content (AvgIpc) is 1.31. The minimum absolute atomic E-state index is 0. The number of carbonyl (C=O) groups excluding carboxylic acids is 1. The monoisotopic (exact) mass is 177 g/mol. The van der Waals surface area contributed by atoms with Gasteiger partial charge in [-0.1, -0.05) is 0 Å². The first-order valence-corrected chi connectivity index (χ1v) is 1.23. The third-order valence-corrected chi connectivity index (χ3v) is 0.231. The summed E-state index contributed by atoms with van der Waals surface area (Å²) in [4.78, 5) is 8.78. The van der Waals surface area contributed by atoms with E-state index in [4.69, 9.17) is 9.90 Å². The molecule has 0 aliphatic heterocycles. The van der Waals surface area contributed by atoms with Crippen molar-refractivity contribution in [3.63, 3.8) is 0 Å². The van der Waals surface area contributed by atoms with Crippen molar-refractivity contribution in [2.75, 3.05) is 0 Å². The van der Waals surface area contributed by atoms with Gasteiger partial charge in [0.15, 0.2) is 0 Å². The fraction of sp³-hybridized carbons (Fsp3) is 0.500. The van der Waals surface area contributed by atoms with Gasteiger partial charge in [-0.3, -0.25) is 0 Å².